The first-order valence-electron chi connectivity index (χ1n) is 12.4. The van der Waals surface area contributed by atoms with Crippen LogP contribution >= 0.6 is 0 Å². The van der Waals surface area contributed by atoms with E-state index in [0.717, 1.165) is 38.8 Å². The molecule has 0 bridgehead atoms. The van der Waals surface area contributed by atoms with Crippen molar-refractivity contribution >= 4 is 33.8 Å². The number of aliphatic carboxylic acids is 1. The van der Waals surface area contributed by atoms with Crippen molar-refractivity contribution in [2.75, 3.05) is 0 Å². The number of carbonyl (C=O) groups is 2. The van der Waals surface area contributed by atoms with E-state index in [1.807, 2.05) is 57.2 Å². The van der Waals surface area contributed by atoms with Gasteiger partial charge >= 0.3 is 11.6 Å². The van der Waals surface area contributed by atoms with E-state index in [4.69, 9.17) is 8.83 Å². The van der Waals surface area contributed by atoms with Gasteiger partial charge in [-0.05, 0) is 49.9 Å². The number of nitrogens with one attached hydrogen (secondary N) is 1. The lowest BCUT2D eigenvalue weighted by molar-refractivity contribution is -0.142. The molecule has 5 rings (SSSR count). The topological polar surface area (TPSA) is 110 Å². The molecular weight excluding hydrogens is 482 g/mol. The molecule has 2 heterocycles. The van der Waals surface area contributed by atoms with E-state index in [1.54, 1.807) is 30.3 Å². The highest BCUT2D eigenvalue weighted by atomic mass is 16.4. The molecule has 0 aliphatic rings. The first kappa shape index (κ1) is 25.0. The first-order valence-corrected chi connectivity index (χ1v) is 12.4. The Labute approximate surface area is 218 Å². The van der Waals surface area contributed by atoms with E-state index in [0.29, 0.717) is 22.3 Å². The zero-order valence-corrected chi connectivity index (χ0v) is 21.3. The molecule has 0 saturated heterocycles. The fourth-order valence-electron chi connectivity index (χ4n) is 5.03. The standard InChI is InChI=1S/C31H27NO6/c1-17-22(14-15-25(33)32-27(30(34)35)21-12-8-5-9-13-21)31(36)38-28-18(2)29-24(16-23(17)28)26(19(3)37-29)20-10-6-4-7-11-20/h4-13,16,27H,14-15H2,1-3H3,(H,32,33)(H,34,35)/t27-/m0/s1. The minimum absolute atomic E-state index is 0.0605. The Morgan fingerprint density at radius 1 is 0.868 bits per heavy atom. The van der Waals surface area contributed by atoms with Crippen LogP contribution in [0.2, 0.25) is 0 Å². The number of hydrogen-bond acceptors (Lipinski definition) is 5. The van der Waals surface area contributed by atoms with Gasteiger partial charge in [0.2, 0.25) is 5.91 Å². The summed E-state index contributed by atoms with van der Waals surface area (Å²) in [6, 6.07) is 19.3. The third-order valence-corrected chi connectivity index (χ3v) is 6.98. The minimum atomic E-state index is -1.17. The van der Waals surface area contributed by atoms with Crippen molar-refractivity contribution in [2.45, 2.75) is 39.7 Å². The van der Waals surface area contributed by atoms with Crippen LogP contribution in [0.4, 0.5) is 0 Å². The van der Waals surface area contributed by atoms with Gasteiger partial charge in [0, 0.05) is 33.9 Å². The van der Waals surface area contributed by atoms with E-state index < -0.39 is 23.5 Å². The second-order valence-corrected chi connectivity index (χ2v) is 9.40. The van der Waals surface area contributed by atoms with E-state index >= 15 is 0 Å². The van der Waals surface area contributed by atoms with Gasteiger partial charge in [0.05, 0.1) is 0 Å². The molecular formula is C31H27NO6. The lowest BCUT2D eigenvalue weighted by atomic mass is 9.96. The van der Waals surface area contributed by atoms with Crippen molar-refractivity contribution in [3.8, 4) is 11.1 Å². The van der Waals surface area contributed by atoms with Gasteiger partial charge in [0.15, 0.2) is 6.04 Å². The highest BCUT2D eigenvalue weighted by molar-refractivity contribution is 6.05. The van der Waals surface area contributed by atoms with Gasteiger partial charge in [0.1, 0.15) is 16.9 Å². The molecule has 7 nitrogen and oxygen atoms in total. The minimum Gasteiger partial charge on any atom is -0.479 e. The summed E-state index contributed by atoms with van der Waals surface area (Å²) >= 11 is 0. The Morgan fingerprint density at radius 2 is 1.50 bits per heavy atom. The molecule has 5 aromatic rings. The van der Waals surface area contributed by atoms with Crippen LogP contribution in [0.1, 0.15) is 40.5 Å². The number of rotatable bonds is 7. The fourth-order valence-corrected chi connectivity index (χ4v) is 5.03. The normalized spacial score (nSPS) is 12.1. The third kappa shape index (κ3) is 4.47. The van der Waals surface area contributed by atoms with Gasteiger partial charge in [0.25, 0.3) is 0 Å². The summed E-state index contributed by atoms with van der Waals surface area (Å²) in [7, 11) is 0. The number of furan rings is 1. The van der Waals surface area contributed by atoms with Crippen molar-refractivity contribution in [2.24, 2.45) is 0 Å². The molecule has 0 saturated carbocycles. The van der Waals surface area contributed by atoms with Crippen molar-refractivity contribution in [3.05, 3.63) is 105 Å². The van der Waals surface area contributed by atoms with Crippen molar-refractivity contribution < 1.29 is 23.5 Å². The van der Waals surface area contributed by atoms with E-state index in [2.05, 4.69) is 5.32 Å². The Balaban J connectivity index is 1.49. The Morgan fingerprint density at radius 3 is 2.16 bits per heavy atom. The second kappa shape index (κ2) is 10.0. The van der Waals surface area contributed by atoms with Crippen LogP contribution in [0.25, 0.3) is 33.1 Å². The van der Waals surface area contributed by atoms with Crippen LogP contribution in [-0.4, -0.2) is 17.0 Å². The maximum Gasteiger partial charge on any atom is 0.339 e. The predicted molar refractivity (Wildman–Crippen MR) is 145 cm³/mol. The molecule has 2 aromatic heterocycles. The van der Waals surface area contributed by atoms with Crippen LogP contribution in [-0.2, 0) is 16.0 Å². The number of amides is 1. The second-order valence-electron chi connectivity index (χ2n) is 9.40. The molecule has 0 unspecified atom stereocenters. The molecule has 0 aliphatic carbocycles. The number of carboxylic acid groups (broad SMARTS) is 1. The maximum atomic E-state index is 13.0. The average Bonchev–Trinajstić information content (AvgIpc) is 3.25. The number of hydrogen-bond donors (Lipinski definition) is 2. The molecule has 3 aromatic carbocycles. The Kier molecular flexibility index (Phi) is 6.59. The van der Waals surface area contributed by atoms with E-state index in [9.17, 15) is 19.5 Å². The molecule has 1 amide bonds. The summed E-state index contributed by atoms with van der Waals surface area (Å²) in [4.78, 5) is 37.4. The lowest BCUT2D eigenvalue weighted by Crippen LogP contribution is -2.34. The monoisotopic (exact) mass is 509 g/mol. The van der Waals surface area contributed by atoms with Crippen LogP contribution in [0, 0.1) is 20.8 Å². The predicted octanol–water partition coefficient (Wildman–Crippen LogP) is 6.01. The maximum absolute atomic E-state index is 13.0. The van der Waals surface area contributed by atoms with Crippen LogP contribution in [0.15, 0.2) is 80.4 Å². The molecule has 0 aliphatic heterocycles. The van der Waals surface area contributed by atoms with Gasteiger partial charge in [-0.3, -0.25) is 4.79 Å². The van der Waals surface area contributed by atoms with Gasteiger partial charge in [-0.2, -0.15) is 0 Å². The van der Waals surface area contributed by atoms with Crippen LogP contribution in [0.3, 0.4) is 0 Å². The summed E-state index contributed by atoms with van der Waals surface area (Å²) in [5.41, 5.74) is 4.94. The molecule has 192 valence electrons. The summed E-state index contributed by atoms with van der Waals surface area (Å²) < 4.78 is 11.9. The fraction of sp³-hybridized carbons (Fsp3) is 0.194. The van der Waals surface area contributed by atoms with Gasteiger partial charge in [-0.15, -0.1) is 0 Å². The Hall–Kier alpha value is -4.65. The summed E-state index contributed by atoms with van der Waals surface area (Å²) in [5.74, 6) is -0.855. The highest BCUT2D eigenvalue weighted by Crippen LogP contribution is 2.39. The van der Waals surface area contributed by atoms with E-state index in [1.165, 1.54) is 0 Å². The van der Waals surface area contributed by atoms with Crippen molar-refractivity contribution in [1.29, 1.82) is 0 Å². The highest BCUT2D eigenvalue weighted by Gasteiger charge is 2.24. The molecule has 0 spiro atoms. The SMILES string of the molecule is Cc1oc2c(C)c3oc(=O)c(CCC(=O)N[C@H](C(=O)O)c4ccccc4)c(C)c3cc2c1-c1ccccc1. The van der Waals surface area contributed by atoms with Crippen molar-refractivity contribution in [3.63, 3.8) is 0 Å². The van der Waals surface area contributed by atoms with Crippen molar-refractivity contribution in [1.82, 2.24) is 5.32 Å². The van der Waals surface area contributed by atoms with Crippen LogP contribution in [0.5, 0.6) is 0 Å². The van der Waals surface area contributed by atoms with Crippen LogP contribution < -0.4 is 10.9 Å². The summed E-state index contributed by atoms with van der Waals surface area (Å²) in [5, 5.41) is 13.9. The zero-order chi connectivity index (χ0) is 27.0. The van der Waals surface area contributed by atoms with E-state index in [-0.39, 0.29) is 12.8 Å². The number of carboxylic acids is 1. The number of carbonyl (C=O) groups excluding carboxylic acids is 1. The molecule has 1 atom stereocenters. The lowest BCUT2D eigenvalue weighted by Gasteiger charge is -2.15. The van der Waals surface area contributed by atoms with Gasteiger partial charge in [-0.1, -0.05) is 60.7 Å². The smallest absolute Gasteiger partial charge is 0.339 e. The summed E-state index contributed by atoms with van der Waals surface area (Å²) in [6.07, 6.45) is 0.0547. The number of aryl methyl sites for hydroxylation is 3. The number of fused-ring (bicyclic) bond motifs is 2. The molecule has 2 N–H and O–H groups in total. The average molecular weight is 510 g/mol. The number of benzene rings is 3. The molecule has 0 fully saturated rings. The molecule has 7 heteroatoms. The quantitative estimate of drug-likeness (QED) is 0.260. The molecule has 0 radical (unpaired) electrons. The van der Waals surface area contributed by atoms with Gasteiger partial charge in [-0.25, -0.2) is 9.59 Å². The van der Waals surface area contributed by atoms with Gasteiger partial charge < -0.3 is 19.3 Å². The third-order valence-electron chi connectivity index (χ3n) is 6.98. The first-order chi connectivity index (χ1) is 18.3. The summed E-state index contributed by atoms with van der Waals surface area (Å²) in [6.45, 7) is 5.63. The Bertz CT molecular complexity index is 1730. The largest absolute Gasteiger partial charge is 0.479 e. The zero-order valence-electron chi connectivity index (χ0n) is 21.3. The molecule has 38 heavy (non-hydrogen) atoms.